The minimum atomic E-state index is 0.145. The Balaban J connectivity index is 1.50. The lowest BCUT2D eigenvalue weighted by Gasteiger charge is -2.17. The molecule has 0 spiro atoms. The fourth-order valence-corrected chi connectivity index (χ4v) is 4.93. The fraction of sp³-hybridized carbons (Fsp3) is 0.235. The third-order valence-electron chi connectivity index (χ3n) is 3.92. The summed E-state index contributed by atoms with van der Waals surface area (Å²) in [6, 6.07) is 6.29. The van der Waals surface area contributed by atoms with Crippen LogP contribution in [0.1, 0.15) is 10.6 Å². The van der Waals surface area contributed by atoms with Crippen LogP contribution in [0.15, 0.2) is 39.5 Å². The molecule has 1 aromatic carbocycles. The van der Waals surface area contributed by atoms with Gasteiger partial charge in [0.15, 0.2) is 0 Å². The van der Waals surface area contributed by atoms with Crippen molar-refractivity contribution in [1.29, 1.82) is 0 Å². The normalized spacial score (nSPS) is 13.3. The van der Waals surface area contributed by atoms with E-state index in [2.05, 4.69) is 33.5 Å². The molecule has 2 aromatic heterocycles. The van der Waals surface area contributed by atoms with Crippen molar-refractivity contribution < 1.29 is 4.79 Å². The smallest absolute Gasteiger partial charge is 0.237 e. The van der Waals surface area contributed by atoms with E-state index in [4.69, 9.17) is 0 Å². The van der Waals surface area contributed by atoms with Gasteiger partial charge in [-0.1, -0.05) is 17.8 Å². The topological polar surface area (TPSA) is 46.1 Å². The number of aromatic nitrogens is 2. The number of carbonyl (C=O) groups is 1. The zero-order chi connectivity index (χ0) is 16.5. The molecule has 122 valence electrons. The first kappa shape index (κ1) is 15.8. The number of nitrogens with zero attached hydrogens (tertiary/aromatic N) is 3. The molecule has 0 N–H and O–H groups in total. The summed E-state index contributed by atoms with van der Waals surface area (Å²) in [4.78, 5) is 23.2. The van der Waals surface area contributed by atoms with Gasteiger partial charge in [-0.05, 0) is 31.0 Å². The molecule has 1 aliphatic rings. The molecular weight excluding hydrogens is 358 g/mol. The van der Waals surface area contributed by atoms with Crippen molar-refractivity contribution in [1.82, 2.24) is 9.97 Å². The number of hydrogen-bond acceptors (Lipinski definition) is 6. The molecule has 3 aromatic rings. The van der Waals surface area contributed by atoms with Crippen molar-refractivity contribution in [2.45, 2.75) is 17.7 Å². The molecule has 24 heavy (non-hydrogen) atoms. The van der Waals surface area contributed by atoms with E-state index >= 15 is 0 Å². The van der Waals surface area contributed by atoms with Crippen molar-refractivity contribution in [3.05, 3.63) is 45.7 Å². The molecule has 0 radical (unpaired) electrons. The molecule has 4 rings (SSSR count). The molecule has 4 nitrogen and oxygen atoms in total. The SMILES string of the molecule is Cc1nc(-c2ccc3c(c2)CCN3C(=O)CSc2nccs2)cs1. The van der Waals surface area contributed by atoms with Crippen LogP contribution in [0.2, 0.25) is 0 Å². The number of thioether (sulfide) groups is 1. The number of thiazole rings is 2. The first-order valence-corrected chi connectivity index (χ1v) is 10.3. The Hall–Kier alpha value is -1.70. The number of rotatable bonds is 4. The number of fused-ring (bicyclic) bond motifs is 1. The maximum atomic E-state index is 12.5. The van der Waals surface area contributed by atoms with E-state index in [0.717, 1.165) is 39.3 Å². The van der Waals surface area contributed by atoms with E-state index in [9.17, 15) is 4.79 Å². The second kappa shape index (κ2) is 6.66. The Morgan fingerprint density at radius 1 is 1.38 bits per heavy atom. The van der Waals surface area contributed by atoms with Crippen molar-refractivity contribution in [2.75, 3.05) is 17.2 Å². The van der Waals surface area contributed by atoms with Crippen LogP contribution in [0.25, 0.3) is 11.3 Å². The summed E-state index contributed by atoms with van der Waals surface area (Å²) >= 11 is 4.74. The van der Waals surface area contributed by atoms with Crippen molar-refractivity contribution in [2.24, 2.45) is 0 Å². The van der Waals surface area contributed by atoms with E-state index < -0.39 is 0 Å². The lowest BCUT2D eigenvalue weighted by molar-refractivity contribution is -0.116. The highest BCUT2D eigenvalue weighted by molar-refractivity contribution is 8.01. The summed E-state index contributed by atoms with van der Waals surface area (Å²) < 4.78 is 0.942. The third kappa shape index (κ3) is 3.11. The fourth-order valence-electron chi connectivity index (χ4n) is 2.80. The van der Waals surface area contributed by atoms with Gasteiger partial charge in [-0.15, -0.1) is 22.7 Å². The summed E-state index contributed by atoms with van der Waals surface area (Å²) in [5.74, 6) is 0.575. The molecular formula is C17H15N3OS3. The minimum absolute atomic E-state index is 0.145. The molecule has 0 saturated heterocycles. The average Bonchev–Trinajstić information content (AvgIpc) is 3.32. The Morgan fingerprint density at radius 3 is 3.04 bits per heavy atom. The van der Waals surface area contributed by atoms with Gasteiger partial charge in [0, 0.05) is 34.8 Å². The molecule has 1 amide bonds. The Labute approximate surface area is 152 Å². The standard InChI is InChI=1S/C17H15N3OS3/c1-11-19-14(9-23-11)12-2-3-15-13(8-12)4-6-20(15)16(21)10-24-17-18-5-7-22-17/h2-3,5,7-9H,4,6,10H2,1H3. The van der Waals surface area contributed by atoms with Gasteiger partial charge < -0.3 is 4.90 Å². The zero-order valence-corrected chi connectivity index (χ0v) is 15.5. The lowest BCUT2D eigenvalue weighted by atomic mass is 10.1. The van der Waals surface area contributed by atoms with E-state index in [-0.39, 0.29) is 5.91 Å². The summed E-state index contributed by atoms with van der Waals surface area (Å²) in [5.41, 5.74) is 4.41. The predicted molar refractivity (Wildman–Crippen MR) is 101 cm³/mol. The highest BCUT2D eigenvalue weighted by Crippen LogP contribution is 2.33. The van der Waals surface area contributed by atoms with E-state index in [0.29, 0.717) is 5.75 Å². The Morgan fingerprint density at radius 2 is 2.29 bits per heavy atom. The van der Waals surface area contributed by atoms with Crippen molar-refractivity contribution in [3.63, 3.8) is 0 Å². The van der Waals surface area contributed by atoms with Crippen LogP contribution in [-0.4, -0.2) is 28.2 Å². The number of carbonyl (C=O) groups excluding carboxylic acids is 1. The van der Waals surface area contributed by atoms with Crippen LogP contribution in [0, 0.1) is 6.92 Å². The monoisotopic (exact) mass is 373 g/mol. The van der Waals surface area contributed by atoms with Crippen LogP contribution in [0.3, 0.4) is 0 Å². The first-order valence-electron chi connectivity index (χ1n) is 7.59. The molecule has 3 heterocycles. The number of hydrogen-bond donors (Lipinski definition) is 0. The zero-order valence-electron chi connectivity index (χ0n) is 13.1. The summed E-state index contributed by atoms with van der Waals surface area (Å²) in [7, 11) is 0. The molecule has 0 saturated carbocycles. The van der Waals surface area contributed by atoms with Crippen LogP contribution >= 0.6 is 34.4 Å². The number of aryl methyl sites for hydroxylation is 1. The van der Waals surface area contributed by atoms with E-state index in [1.165, 1.54) is 17.3 Å². The van der Waals surface area contributed by atoms with Gasteiger partial charge in [-0.2, -0.15) is 0 Å². The van der Waals surface area contributed by atoms with Crippen molar-refractivity contribution >= 4 is 46.0 Å². The quantitative estimate of drug-likeness (QED) is 0.641. The number of anilines is 1. The highest BCUT2D eigenvalue weighted by atomic mass is 32.2. The van der Waals surface area contributed by atoms with Gasteiger partial charge in [0.05, 0.1) is 16.5 Å². The van der Waals surface area contributed by atoms with Gasteiger partial charge in [0.25, 0.3) is 0 Å². The lowest BCUT2D eigenvalue weighted by Crippen LogP contribution is -2.30. The minimum Gasteiger partial charge on any atom is -0.311 e. The Bertz CT molecular complexity index is 873. The summed E-state index contributed by atoms with van der Waals surface area (Å²) in [6.45, 7) is 2.77. The Kier molecular flexibility index (Phi) is 4.39. The second-order valence-corrected chi connectivity index (χ2v) is 8.66. The van der Waals surface area contributed by atoms with Gasteiger partial charge in [-0.25, -0.2) is 9.97 Å². The molecule has 0 fully saturated rings. The highest BCUT2D eigenvalue weighted by Gasteiger charge is 2.25. The van der Waals surface area contributed by atoms with Crippen LogP contribution < -0.4 is 4.90 Å². The van der Waals surface area contributed by atoms with Gasteiger partial charge >= 0.3 is 0 Å². The van der Waals surface area contributed by atoms with E-state index in [1.807, 2.05) is 17.2 Å². The largest absolute Gasteiger partial charge is 0.311 e. The molecule has 1 aliphatic heterocycles. The van der Waals surface area contributed by atoms with Gasteiger partial charge in [0.2, 0.25) is 5.91 Å². The predicted octanol–water partition coefficient (Wildman–Crippen LogP) is 4.26. The molecule has 0 atom stereocenters. The molecule has 7 heteroatoms. The van der Waals surface area contributed by atoms with Gasteiger partial charge in [-0.3, -0.25) is 4.79 Å². The number of amides is 1. The van der Waals surface area contributed by atoms with Crippen molar-refractivity contribution in [3.8, 4) is 11.3 Å². The molecule has 0 aliphatic carbocycles. The van der Waals surface area contributed by atoms with Crippen LogP contribution in [-0.2, 0) is 11.2 Å². The maximum absolute atomic E-state index is 12.5. The van der Waals surface area contributed by atoms with Gasteiger partial charge in [0.1, 0.15) is 4.34 Å². The summed E-state index contributed by atoms with van der Waals surface area (Å²) in [6.07, 6.45) is 2.67. The van der Waals surface area contributed by atoms with Crippen LogP contribution in [0.4, 0.5) is 5.69 Å². The van der Waals surface area contributed by atoms with Crippen LogP contribution in [0.5, 0.6) is 0 Å². The molecule has 0 bridgehead atoms. The first-order chi connectivity index (χ1) is 11.7. The molecule has 0 unspecified atom stereocenters. The van der Waals surface area contributed by atoms with E-state index in [1.54, 1.807) is 28.9 Å². The second-order valence-electron chi connectivity index (χ2n) is 5.48. The number of benzene rings is 1. The third-order valence-corrected chi connectivity index (χ3v) is 6.64. The maximum Gasteiger partial charge on any atom is 0.237 e. The summed E-state index contributed by atoms with van der Waals surface area (Å²) in [5, 5.41) is 5.08. The average molecular weight is 374 g/mol.